The molecule has 1 fully saturated rings. The molecule has 1 atom stereocenters. The number of thiol groups is 1. The summed E-state index contributed by atoms with van der Waals surface area (Å²) in [5, 5.41) is 3.99. The molecular weight excluding hydrogens is 434 g/mol. The Hall–Kier alpha value is -2.10. The Morgan fingerprint density at radius 1 is 1.27 bits per heavy atom. The Bertz CT molecular complexity index is 962. The summed E-state index contributed by atoms with van der Waals surface area (Å²) < 4.78 is 28.0. The topological polar surface area (TPSA) is 116 Å². The monoisotopic (exact) mass is 455 g/mol. The zero-order chi connectivity index (χ0) is 21.8. The third-order valence-electron chi connectivity index (χ3n) is 5.08. The molecule has 1 aliphatic heterocycles. The third-order valence-corrected chi connectivity index (χ3v) is 6.07. The van der Waals surface area contributed by atoms with Gasteiger partial charge >= 0.3 is 0 Å². The Morgan fingerprint density at radius 2 is 1.97 bits per heavy atom. The fourth-order valence-electron chi connectivity index (χ4n) is 3.66. The predicted octanol–water partition coefficient (Wildman–Crippen LogP) is 2.10. The van der Waals surface area contributed by atoms with Gasteiger partial charge in [-0.25, -0.2) is 8.42 Å². The largest absolute Gasteiger partial charge is 0.389 e. The van der Waals surface area contributed by atoms with Crippen molar-refractivity contribution in [3.63, 3.8) is 0 Å². The minimum absolute atomic E-state index is 0.00102. The van der Waals surface area contributed by atoms with Gasteiger partial charge < -0.3 is 9.57 Å². The summed E-state index contributed by atoms with van der Waals surface area (Å²) in [6.07, 6.45) is 0.736. The van der Waals surface area contributed by atoms with Gasteiger partial charge in [0.05, 0.1) is 23.1 Å². The van der Waals surface area contributed by atoms with Gasteiger partial charge in [-0.2, -0.15) is 0 Å². The maximum absolute atomic E-state index is 13.0. The average Bonchev–Trinajstić information content (AvgIpc) is 3.14. The highest BCUT2D eigenvalue weighted by atomic mass is 35.5. The lowest BCUT2D eigenvalue weighted by atomic mass is 9.81. The number of Topliss-reactive ketones (excluding diaryl/α,β-unsaturated/α-hetero) is 3. The molecule has 2 aliphatic rings. The molecule has 1 heterocycles. The fourth-order valence-corrected chi connectivity index (χ4v) is 4.59. The van der Waals surface area contributed by atoms with Crippen molar-refractivity contribution in [3.8, 4) is 0 Å². The van der Waals surface area contributed by atoms with E-state index in [1.165, 1.54) is 12.1 Å². The van der Waals surface area contributed by atoms with E-state index < -0.39 is 34.0 Å². The highest BCUT2D eigenvalue weighted by Crippen LogP contribution is 2.33. The average molecular weight is 456 g/mol. The molecule has 162 valence electrons. The lowest BCUT2D eigenvalue weighted by molar-refractivity contribution is -0.133. The van der Waals surface area contributed by atoms with E-state index >= 15 is 0 Å². The molecular formula is C20H22ClNO7S. The van der Waals surface area contributed by atoms with Crippen LogP contribution in [-0.2, 0) is 35.6 Å². The number of halogens is 1. The highest BCUT2D eigenvalue weighted by molar-refractivity contribution is 7.71. The SMILES string of the molecule is CCOCC1CC(c2c(C[SH](=O)=O)ccc(C(=O)C3C(=O)CCCC3=O)c2Cl)=NO1. The van der Waals surface area contributed by atoms with Crippen LogP contribution in [0.3, 0.4) is 0 Å². The maximum atomic E-state index is 13.0. The predicted molar refractivity (Wildman–Crippen MR) is 110 cm³/mol. The van der Waals surface area contributed by atoms with Crippen LogP contribution in [0.2, 0.25) is 5.02 Å². The Morgan fingerprint density at radius 3 is 2.60 bits per heavy atom. The molecule has 0 radical (unpaired) electrons. The summed E-state index contributed by atoms with van der Waals surface area (Å²) in [5.74, 6) is -3.16. The van der Waals surface area contributed by atoms with Gasteiger partial charge in [-0.05, 0) is 25.0 Å². The van der Waals surface area contributed by atoms with Crippen LogP contribution in [0.5, 0.6) is 0 Å². The normalized spacial score (nSPS) is 19.8. The second-order valence-corrected chi connectivity index (χ2v) is 8.52. The van der Waals surface area contributed by atoms with Gasteiger partial charge in [-0.3, -0.25) is 14.4 Å². The van der Waals surface area contributed by atoms with Gasteiger partial charge in [0.1, 0.15) is 16.6 Å². The molecule has 1 saturated carbocycles. The Kier molecular flexibility index (Phi) is 7.38. The molecule has 0 spiro atoms. The minimum atomic E-state index is -2.76. The van der Waals surface area contributed by atoms with Crippen molar-refractivity contribution in [2.24, 2.45) is 11.1 Å². The van der Waals surface area contributed by atoms with E-state index in [0.29, 0.717) is 37.3 Å². The first-order chi connectivity index (χ1) is 14.3. The van der Waals surface area contributed by atoms with Crippen molar-refractivity contribution >= 4 is 45.4 Å². The number of ether oxygens (including phenoxy) is 1. The highest BCUT2D eigenvalue weighted by Gasteiger charge is 2.38. The van der Waals surface area contributed by atoms with Crippen LogP contribution in [0.25, 0.3) is 0 Å². The number of oxime groups is 1. The first kappa shape index (κ1) is 22.6. The van der Waals surface area contributed by atoms with Crippen LogP contribution >= 0.6 is 11.6 Å². The number of carbonyl (C=O) groups excluding carboxylic acids is 3. The van der Waals surface area contributed by atoms with Crippen molar-refractivity contribution in [1.29, 1.82) is 0 Å². The summed E-state index contributed by atoms with van der Waals surface area (Å²) in [6, 6.07) is 2.83. The van der Waals surface area contributed by atoms with Gasteiger partial charge in [-0.15, -0.1) is 0 Å². The van der Waals surface area contributed by atoms with Crippen LogP contribution < -0.4 is 0 Å². The number of nitrogens with zero attached hydrogens (tertiary/aromatic N) is 1. The van der Waals surface area contributed by atoms with Gasteiger partial charge in [-0.1, -0.05) is 22.8 Å². The smallest absolute Gasteiger partial charge is 0.182 e. The zero-order valence-electron chi connectivity index (χ0n) is 16.4. The number of rotatable bonds is 8. The van der Waals surface area contributed by atoms with Crippen LogP contribution in [0, 0.1) is 5.92 Å². The first-order valence-corrected chi connectivity index (χ1v) is 11.4. The molecule has 1 aromatic carbocycles. The van der Waals surface area contributed by atoms with Gasteiger partial charge in [0.2, 0.25) is 0 Å². The molecule has 0 amide bonds. The molecule has 1 unspecified atom stereocenters. The van der Waals surface area contributed by atoms with E-state index in [2.05, 4.69) is 5.16 Å². The lowest BCUT2D eigenvalue weighted by Gasteiger charge is -2.20. The summed E-state index contributed by atoms with van der Waals surface area (Å²) in [5.41, 5.74) is 1.05. The Balaban J connectivity index is 1.99. The zero-order valence-corrected chi connectivity index (χ0v) is 18.0. The second kappa shape index (κ2) is 9.80. The number of hydrogen-bond donors (Lipinski definition) is 1. The van der Waals surface area contributed by atoms with Crippen LogP contribution in [0.1, 0.15) is 54.1 Å². The fraction of sp³-hybridized carbons (Fsp3) is 0.500. The van der Waals surface area contributed by atoms with Crippen LogP contribution in [-0.4, -0.2) is 50.8 Å². The maximum Gasteiger partial charge on any atom is 0.182 e. The van der Waals surface area contributed by atoms with E-state index in [0.717, 1.165) is 0 Å². The molecule has 1 aliphatic carbocycles. The third kappa shape index (κ3) is 4.79. The summed E-state index contributed by atoms with van der Waals surface area (Å²) in [6.45, 7) is 2.65. The van der Waals surface area contributed by atoms with Gasteiger partial charge in [0, 0.05) is 37.0 Å². The molecule has 30 heavy (non-hydrogen) atoms. The molecule has 10 heteroatoms. The number of ketones is 3. The first-order valence-electron chi connectivity index (χ1n) is 9.67. The Labute approximate surface area is 180 Å². The molecule has 0 aromatic heterocycles. The number of carbonyl (C=O) groups is 3. The molecule has 3 rings (SSSR count). The standard InChI is InChI=1S/C20H22ClNO7S/c1-2-28-9-12-8-14(22-29-12)17-11(10-30(26)27)6-7-13(19(17)21)20(25)18-15(23)4-3-5-16(18)24/h6-7,12,18,30H,2-5,8-10H2,1H3. The molecule has 8 nitrogen and oxygen atoms in total. The minimum Gasteiger partial charge on any atom is -0.389 e. The van der Waals surface area contributed by atoms with E-state index in [1.54, 1.807) is 0 Å². The lowest BCUT2D eigenvalue weighted by Crippen LogP contribution is -2.35. The van der Waals surface area contributed by atoms with Crippen molar-refractivity contribution in [3.05, 3.63) is 33.8 Å². The van der Waals surface area contributed by atoms with E-state index in [4.69, 9.17) is 21.2 Å². The van der Waals surface area contributed by atoms with E-state index in [1.807, 2.05) is 6.92 Å². The van der Waals surface area contributed by atoms with Crippen LogP contribution in [0.15, 0.2) is 17.3 Å². The second-order valence-electron chi connectivity index (χ2n) is 7.16. The van der Waals surface area contributed by atoms with Crippen molar-refractivity contribution < 1.29 is 32.4 Å². The van der Waals surface area contributed by atoms with Crippen molar-refractivity contribution in [2.45, 2.75) is 44.5 Å². The van der Waals surface area contributed by atoms with Gasteiger partial charge in [0.25, 0.3) is 0 Å². The van der Waals surface area contributed by atoms with E-state index in [9.17, 15) is 22.8 Å². The summed E-state index contributed by atoms with van der Waals surface area (Å²) >= 11 is 6.53. The molecule has 0 saturated heterocycles. The van der Waals surface area contributed by atoms with Crippen molar-refractivity contribution in [2.75, 3.05) is 13.2 Å². The number of benzene rings is 1. The number of hydrogen-bond acceptors (Lipinski definition) is 8. The molecule has 0 bridgehead atoms. The van der Waals surface area contributed by atoms with E-state index in [-0.39, 0.29) is 40.8 Å². The molecule has 1 aromatic rings. The summed E-state index contributed by atoms with van der Waals surface area (Å²) in [4.78, 5) is 42.8. The summed E-state index contributed by atoms with van der Waals surface area (Å²) in [7, 11) is -2.76. The van der Waals surface area contributed by atoms with Crippen molar-refractivity contribution in [1.82, 2.24) is 0 Å². The van der Waals surface area contributed by atoms with Gasteiger partial charge in [0.15, 0.2) is 23.5 Å². The molecule has 0 N–H and O–H groups in total. The van der Waals surface area contributed by atoms with Crippen LogP contribution in [0.4, 0.5) is 0 Å². The quantitative estimate of drug-likeness (QED) is 0.362.